The lowest BCUT2D eigenvalue weighted by molar-refractivity contribution is -0.135. The van der Waals surface area contributed by atoms with Crippen LogP contribution in [-0.4, -0.2) is 54.5 Å². The molecular formula is C25H28BrF2N3O5Si. The number of fused-ring (bicyclic) bond motifs is 1. The van der Waals surface area contributed by atoms with Crippen LogP contribution in [-0.2, 0) is 21.6 Å². The van der Waals surface area contributed by atoms with Gasteiger partial charge in [0.1, 0.15) is 12.5 Å². The molecule has 2 N–H and O–H groups in total. The zero-order chi connectivity index (χ0) is 27.0. The van der Waals surface area contributed by atoms with Crippen molar-refractivity contribution in [1.82, 2.24) is 14.8 Å². The van der Waals surface area contributed by atoms with E-state index in [1.165, 1.54) is 22.8 Å². The van der Waals surface area contributed by atoms with Crippen LogP contribution in [0.3, 0.4) is 0 Å². The quantitative estimate of drug-likeness (QED) is 0.184. The van der Waals surface area contributed by atoms with Crippen molar-refractivity contribution in [3.05, 3.63) is 58.7 Å². The van der Waals surface area contributed by atoms with Gasteiger partial charge >= 0.3 is 12.6 Å². The summed E-state index contributed by atoms with van der Waals surface area (Å²) in [7, 11) is -1.36. The van der Waals surface area contributed by atoms with E-state index in [0.29, 0.717) is 17.6 Å². The van der Waals surface area contributed by atoms with E-state index in [2.05, 4.69) is 45.6 Å². The van der Waals surface area contributed by atoms with Crippen LogP contribution in [0.25, 0.3) is 10.8 Å². The molecule has 3 aromatic rings. The fraction of sp³-hybridized carbons (Fsp3) is 0.360. The second-order valence-electron chi connectivity index (χ2n) is 10.1. The molecule has 1 atom stereocenters. The minimum Gasteiger partial charge on any atom is -0.494 e. The summed E-state index contributed by atoms with van der Waals surface area (Å²) < 4.78 is 37.7. The van der Waals surface area contributed by atoms with Crippen LogP contribution in [0, 0.1) is 0 Å². The first-order valence-corrected chi connectivity index (χ1v) is 16.1. The number of imide groups is 1. The number of hydrogen-bond acceptors (Lipinski definition) is 5. The third-order valence-electron chi connectivity index (χ3n) is 6.19. The van der Waals surface area contributed by atoms with E-state index in [9.17, 15) is 23.5 Å². The number of ether oxygens (including phenoxy) is 2. The number of rotatable bonds is 10. The van der Waals surface area contributed by atoms with Gasteiger partial charge < -0.3 is 24.5 Å². The second-order valence-corrected chi connectivity index (χ2v) is 16.7. The summed E-state index contributed by atoms with van der Waals surface area (Å²) in [6, 6.07) is 11.4. The molecule has 1 saturated heterocycles. The van der Waals surface area contributed by atoms with Crippen molar-refractivity contribution in [2.24, 2.45) is 0 Å². The molecule has 1 aromatic heterocycles. The zero-order valence-corrected chi connectivity index (χ0v) is 23.2. The average Bonchev–Trinajstić information content (AvgIpc) is 3.24. The van der Waals surface area contributed by atoms with Crippen molar-refractivity contribution in [3.63, 3.8) is 0 Å². The Bertz CT molecular complexity index is 1310. The molecule has 4 rings (SSSR count). The first kappa shape index (κ1) is 27.1. The summed E-state index contributed by atoms with van der Waals surface area (Å²) in [6.45, 7) is 3.71. The molecule has 0 radical (unpaired) electrons. The molecule has 198 valence electrons. The monoisotopic (exact) mass is 595 g/mol. The van der Waals surface area contributed by atoms with Gasteiger partial charge in [-0.1, -0.05) is 47.7 Å². The Labute approximate surface area is 222 Å². The van der Waals surface area contributed by atoms with E-state index < -0.39 is 32.2 Å². The number of benzene rings is 2. The van der Waals surface area contributed by atoms with Crippen molar-refractivity contribution < 1.29 is 33.0 Å². The molecule has 2 heterocycles. The van der Waals surface area contributed by atoms with Crippen molar-refractivity contribution in [1.29, 1.82) is 0 Å². The van der Waals surface area contributed by atoms with Gasteiger partial charge in [-0.25, -0.2) is 9.69 Å². The molecular weight excluding hydrogens is 568 g/mol. The normalized spacial score (nSPS) is 18.2. The van der Waals surface area contributed by atoms with Crippen molar-refractivity contribution in [3.8, 4) is 11.6 Å². The SMILES string of the molecule is C[Si](C)(C)CCOCN1C(=O)N[C@@](Cn2cc3ccc(OC(F)F)cc3c2O)(c2ccc(Br)cc2)C1=O. The molecule has 2 aromatic carbocycles. The maximum Gasteiger partial charge on any atom is 0.387 e. The van der Waals surface area contributed by atoms with Crippen LogP contribution >= 0.6 is 15.9 Å². The minimum atomic E-state index is -3.01. The number of alkyl halides is 2. The van der Waals surface area contributed by atoms with Crippen molar-refractivity contribution >= 4 is 46.7 Å². The highest BCUT2D eigenvalue weighted by Crippen LogP contribution is 2.37. The van der Waals surface area contributed by atoms with Gasteiger partial charge in [0.05, 0.1) is 6.54 Å². The maximum atomic E-state index is 13.8. The molecule has 1 aliphatic heterocycles. The Kier molecular flexibility index (Phi) is 7.63. The highest BCUT2D eigenvalue weighted by atomic mass is 79.9. The standard InChI is InChI=1S/C25H28BrF2N3O5Si/c1-37(2,3)11-10-35-15-31-22(33)25(29-24(31)34,17-5-7-18(26)8-6-17)14-30-13-16-4-9-19(36-23(27)28)12-20(16)21(30)32/h4-9,12-13,23,32H,10-11,14-15H2,1-3H3,(H,29,34)/t25-/m0/s1. The van der Waals surface area contributed by atoms with Gasteiger partial charge in [-0.15, -0.1) is 0 Å². The largest absolute Gasteiger partial charge is 0.494 e. The van der Waals surface area contributed by atoms with E-state index >= 15 is 0 Å². The molecule has 0 aliphatic carbocycles. The number of nitrogens with zero attached hydrogens (tertiary/aromatic N) is 2. The zero-order valence-electron chi connectivity index (χ0n) is 20.6. The summed E-state index contributed by atoms with van der Waals surface area (Å²) >= 11 is 3.38. The predicted molar refractivity (Wildman–Crippen MR) is 140 cm³/mol. The van der Waals surface area contributed by atoms with Gasteiger partial charge in [-0.2, -0.15) is 8.78 Å². The number of amides is 3. The van der Waals surface area contributed by atoms with Crippen molar-refractivity contribution in [2.45, 2.75) is 44.4 Å². The highest BCUT2D eigenvalue weighted by molar-refractivity contribution is 9.10. The van der Waals surface area contributed by atoms with Gasteiger partial charge in [0.15, 0.2) is 11.4 Å². The summed E-state index contributed by atoms with van der Waals surface area (Å²) in [6.07, 6.45) is 1.59. The van der Waals surface area contributed by atoms with Gasteiger partial charge in [-0.05, 0) is 41.9 Å². The van der Waals surface area contributed by atoms with Crippen LogP contribution in [0.5, 0.6) is 11.6 Å². The Morgan fingerprint density at radius 3 is 2.49 bits per heavy atom. The fourth-order valence-corrected chi connectivity index (χ4v) is 5.20. The molecule has 1 fully saturated rings. The fourth-order valence-electron chi connectivity index (χ4n) is 4.18. The number of urea groups is 1. The summed E-state index contributed by atoms with van der Waals surface area (Å²) in [5.74, 6) is -0.880. The van der Waals surface area contributed by atoms with Crippen LogP contribution in [0.2, 0.25) is 25.7 Å². The Morgan fingerprint density at radius 1 is 1.14 bits per heavy atom. The third kappa shape index (κ3) is 5.81. The van der Waals surface area contributed by atoms with E-state index in [1.807, 2.05) is 0 Å². The summed E-state index contributed by atoms with van der Waals surface area (Å²) in [5.41, 5.74) is -1.02. The lowest BCUT2D eigenvalue weighted by atomic mass is 9.89. The number of hydrogen-bond donors (Lipinski definition) is 2. The van der Waals surface area contributed by atoms with Gasteiger partial charge in [0, 0.05) is 36.1 Å². The molecule has 37 heavy (non-hydrogen) atoms. The van der Waals surface area contributed by atoms with Crippen molar-refractivity contribution in [2.75, 3.05) is 13.3 Å². The number of aromatic nitrogens is 1. The average molecular weight is 597 g/mol. The minimum absolute atomic E-state index is 0.106. The van der Waals surface area contributed by atoms with Gasteiger partial charge in [-0.3, -0.25) is 4.79 Å². The Balaban J connectivity index is 1.67. The third-order valence-corrected chi connectivity index (χ3v) is 8.43. The molecule has 12 heteroatoms. The van der Waals surface area contributed by atoms with E-state index in [-0.39, 0.29) is 30.3 Å². The topological polar surface area (TPSA) is 93.0 Å². The lowest BCUT2D eigenvalue weighted by Gasteiger charge is -2.28. The Hall–Kier alpha value is -2.96. The summed E-state index contributed by atoms with van der Waals surface area (Å²) in [5, 5.41) is 14.6. The van der Waals surface area contributed by atoms with Crippen LogP contribution in [0.15, 0.2) is 53.1 Å². The van der Waals surface area contributed by atoms with Gasteiger partial charge in [0.2, 0.25) is 0 Å². The molecule has 0 bridgehead atoms. The first-order chi connectivity index (χ1) is 17.4. The maximum absolute atomic E-state index is 13.8. The summed E-state index contributed by atoms with van der Waals surface area (Å²) in [4.78, 5) is 27.8. The van der Waals surface area contributed by atoms with E-state index in [4.69, 9.17) is 4.74 Å². The molecule has 1 aliphatic rings. The first-order valence-electron chi connectivity index (χ1n) is 11.6. The number of nitrogens with one attached hydrogen (secondary N) is 1. The van der Waals surface area contributed by atoms with E-state index in [1.54, 1.807) is 30.5 Å². The lowest BCUT2D eigenvalue weighted by Crippen LogP contribution is -2.47. The van der Waals surface area contributed by atoms with Crippen LogP contribution in [0.1, 0.15) is 5.56 Å². The molecule has 3 amide bonds. The number of carbonyl (C=O) groups is 2. The second kappa shape index (κ2) is 10.4. The Morgan fingerprint density at radius 2 is 1.84 bits per heavy atom. The van der Waals surface area contributed by atoms with Crippen LogP contribution in [0.4, 0.5) is 13.6 Å². The highest BCUT2D eigenvalue weighted by Gasteiger charge is 2.53. The number of aromatic hydroxyl groups is 1. The number of carbonyl (C=O) groups excluding carboxylic acids is 2. The molecule has 0 saturated carbocycles. The predicted octanol–water partition coefficient (Wildman–Crippen LogP) is 5.47. The molecule has 0 unspecified atom stereocenters. The van der Waals surface area contributed by atoms with E-state index in [0.717, 1.165) is 15.4 Å². The number of halogens is 3. The van der Waals surface area contributed by atoms with Crippen LogP contribution < -0.4 is 10.1 Å². The molecule has 8 nitrogen and oxygen atoms in total. The smallest absolute Gasteiger partial charge is 0.387 e. The van der Waals surface area contributed by atoms with Gasteiger partial charge in [0.25, 0.3) is 5.91 Å². The molecule has 0 spiro atoms.